The van der Waals surface area contributed by atoms with Crippen LogP contribution in [-0.4, -0.2) is 28.6 Å². The van der Waals surface area contributed by atoms with Crippen molar-refractivity contribution < 1.29 is 13.9 Å². The van der Waals surface area contributed by atoms with Gasteiger partial charge in [0.1, 0.15) is 17.7 Å². The Kier molecular flexibility index (Phi) is 3.74. The van der Waals surface area contributed by atoms with Gasteiger partial charge in [0, 0.05) is 17.9 Å². The summed E-state index contributed by atoms with van der Waals surface area (Å²) < 4.78 is 18.4. The van der Waals surface area contributed by atoms with E-state index in [2.05, 4.69) is 15.3 Å². The first-order chi connectivity index (χ1) is 11.7. The molecule has 2 aromatic carbocycles. The smallest absolute Gasteiger partial charge is 0.253 e. The molecule has 0 radical (unpaired) electrons. The fourth-order valence-corrected chi connectivity index (χ4v) is 2.84. The summed E-state index contributed by atoms with van der Waals surface area (Å²) >= 11 is 0. The SMILES string of the molecule is O=C(Nc1ccc2nc(-c3ccc(F)cc3)[nH]c2c1)C1CCCO1. The lowest BCUT2D eigenvalue weighted by Crippen LogP contribution is -2.26. The highest BCUT2D eigenvalue weighted by Gasteiger charge is 2.23. The number of hydrogen-bond donors (Lipinski definition) is 2. The number of imidazole rings is 1. The molecule has 3 aromatic rings. The van der Waals surface area contributed by atoms with Crippen LogP contribution >= 0.6 is 0 Å². The van der Waals surface area contributed by atoms with E-state index in [1.54, 1.807) is 12.1 Å². The zero-order valence-electron chi connectivity index (χ0n) is 12.9. The zero-order valence-corrected chi connectivity index (χ0v) is 12.9. The Labute approximate surface area is 137 Å². The molecule has 0 spiro atoms. The zero-order chi connectivity index (χ0) is 16.5. The quantitative estimate of drug-likeness (QED) is 0.774. The maximum Gasteiger partial charge on any atom is 0.253 e. The minimum absolute atomic E-state index is 0.120. The van der Waals surface area contributed by atoms with Crippen LogP contribution in [0.4, 0.5) is 10.1 Å². The Bertz CT molecular complexity index is 883. The van der Waals surface area contributed by atoms with Crippen molar-refractivity contribution in [1.82, 2.24) is 9.97 Å². The second kappa shape index (κ2) is 6.05. The van der Waals surface area contributed by atoms with E-state index < -0.39 is 0 Å². The lowest BCUT2D eigenvalue weighted by atomic mass is 10.2. The van der Waals surface area contributed by atoms with Gasteiger partial charge in [0.15, 0.2) is 0 Å². The number of carbonyl (C=O) groups is 1. The van der Waals surface area contributed by atoms with Crippen molar-refractivity contribution >= 4 is 22.6 Å². The molecule has 1 fully saturated rings. The molecule has 2 N–H and O–H groups in total. The summed E-state index contributed by atoms with van der Waals surface area (Å²) in [6.45, 7) is 0.638. The summed E-state index contributed by atoms with van der Waals surface area (Å²) in [5.41, 5.74) is 3.08. The van der Waals surface area contributed by atoms with Crippen LogP contribution in [0.3, 0.4) is 0 Å². The predicted octanol–water partition coefficient (Wildman–Crippen LogP) is 3.49. The van der Waals surface area contributed by atoms with Crippen LogP contribution in [0.1, 0.15) is 12.8 Å². The lowest BCUT2D eigenvalue weighted by Gasteiger charge is -2.10. The van der Waals surface area contributed by atoms with Crippen molar-refractivity contribution in [2.24, 2.45) is 0 Å². The summed E-state index contributed by atoms with van der Waals surface area (Å²) in [6, 6.07) is 11.6. The summed E-state index contributed by atoms with van der Waals surface area (Å²) in [4.78, 5) is 19.8. The first-order valence-corrected chi connectivity index (χ1v) is 7.87. The number of nitrogens with zero attached hydrogens (tertiary/aromatic N) is 1. The molecule has 1 unspecified atom stereocenters. The molecular formula is C18H16FN3O2. The molecular weight excluding hydrogens is 309 g/mol. The van der Waals surface area contributed by atoms with E-state index in [-0.39, 0.29) is 17.8 Å². The highest BCUT2D eigenvalue weighted by Crippen LogP contribution is 2.23. The van der Waals surface area contributed by atoms with Gasteiger partial charge in [0.25, 0.3) is 5.91 Å². The number of aromatic nitrogens is 2. The third-order valence-corrected chi connectivity index (χ3v) is 4.09. The maximum absolute atomic E-state index is 13.0. The highest BCUT2D eigenvalue weighted by molar-refractivity contribution is 5.96. The molecule has 0 aliphatic carbocycles. The van der Waals surface area contributed by atoms with Crippen LogP contribution in [0.15, 0.2) is 42.5 Å². The van der Waals surface area contributed by atoms with Crippen LogP contribution in [0, 0.1) is 5.82 Å². The van der Waals surface area contributed by atoms with E-state index in [1.807, 2.05) is 18.2 Å². The average Bonchev–Trinajstić information content (AvgIpc) is 3.24. The van der Waals surface area contributed by atoms with Crippen molar-refractivity contribution in [1.29, 1.82) is 0 Å². The van der Waals surface area contributed by atoms with Crippen LogP contribution in [0.2, 0.25) is 0 Å². The second-order valence-electron chi connectivity index (χ2n) is 5.82. The molecule has 24 heavy (non-hydrogen) atoms. The van der Waals surface area contributed by atoms with E-state index in [0.29, 0.717) is 18.1 Å². The first kappa shape index (κ1) is 14.8. The van der Waals surface area contributed by atoms with Gasteiger partial charge in [-0.15, -0.1) is 0 Å². The van der Waals surface area contributed by atoms with Gasteiger partial charge < -0.3 is 15.0 Å². The van der Waals surface area contributed by atoms with E-state index >= 15 is 0 Å². The number of fused-ring (bicyclic) bond motifs is 1. The summed E-state index contributed by atoms with van der Waals surface area (Å²) in [5.74, 6) is 0.256. The van der Waals surface area contributed by atoms with Crippen LogP contribution < -0.4 is 5.32 Å². The molecule has 1 amide bonds. The van der Waals surface area contributed by atoms with Gasteiger partial charge in [-0.25, -0.2) is 9.37 Å². The summed E-state index contributed by atoms with van der Waals surface area (Å²) in [6.07, 6.45) is 1.31. The largest absolute Gasteiger partial charge is 0.368 e. The molecule has 1 saturated heterocycles. The molecule has 2 heterocycles. The summed E-state index contributed by atoms with van der Waals surface area (Å²) in [5, 5.41) is 2.87. The minimum atomic E-state index is -0.364. The van der Waals surface area contributed by atoms with E-state index in [9.17, 15) is 9.18 Å². The Hall–Kier alpha value is -2.73. The van der Waals surface area contributed by atoms with Crippen LogP contribution in [0.5, 0.6) is 0 Å². The Morgan fingerprint density at radius 3 is 2.83 bits per heavy atom. The van der Waals surface area contributed by atoms with Crippen molar-refractivity contribution in [2.45, 2.75) is 18.9 Å². The number of carbonyl (C=O) groups excluding carboxylic acids is 1. The molecule has 5 nitrogen and oxygen atoms in total. The van der Waals surface area contributed by atoms with Gasteiger partial charge in [-0.05, 0) is 55.3 Å². The van der Waals surface area contributed by atoms with Gasteiger partial charge in [0.05, 0.1) is 11.0 Å². The molecule has 1 aliphatic rings. The fourth-order valence-electron chi connectivity index (χ4n) is 2.84. The Morgan fingerprint density at radius 2 is 2.08 bits per heavy atom. The molecule has 0 saturated carbocycles. The molecule has 1 atom stereocenters. The Balaban J connectivity index is 1.58. The standard InChI is InChI=1S/C18H16FN3O2/c19-12-5-3-11(4-6-12)17-21-14-8-7-13(10-15(14)22-17)20-18(23)16-2-1-9-24-16/h3-8,10,16H,1-2,9H2,(H,20,23)(H,21,22). The fraction of sp³-hybridized carbons (Fsp3) is 0.222. The van der Waals surface area contributed by atoms with Gasteiger partial charge in [-0.3, -0.25) is 4.79 Å². The number of rotatable bonds is 3. The maximum atomic E-state index is 13.0. The number of ether oxygens (including phenoxy) is 1. The lowest BCUT2D eigenvalue weighted by molar-refractivity contribution is -0.124. The number of anilines is 1. The van der Waals surface area contributed by atoms with Gasteiger partial charge in [-0.2, -0.15) is 0 Å². The second-order valence-corrected chi connectivity index (χ2v) is 5.82. The van der Waals surface area contributed by atoms with E-state index in [1.165, 1.54) is 12.1 Å². The normalized spacial score (nSPS) is 17.3. The highest BCUT2D eigenvalue weighted by atomic mass is 19.1. The van der Waals surface area contributed by atoms with Gasteiger partial charge >= 0.3 is 0 Å². The van der Waals surface area contributed by atoms with Crippen LogP contribution in [-0.2, 0) is 9.53 Å². The minimum Gasteiger partial charge on any atom is -0.368 e. The first-order valence-electron chi connectivity index (χ1n) is 7.87. The summed E-state index contributed by atoms with van der Waals surface area (Å²) in [7, 11) is 0. The molecule has 4 rings (SSSR count). The van der Waals surface area contributed by atoms with Crippen LogP contribution in [0.25, 0.3) is 22.4 Å². The van der Waals surface area contributed by atoms with Gasteiger partial charge in [0.2, 0.25) is 0 Å². The average molecular weight is 325 g/mol. The third-order valence-electron chi connectivity index (χ3n) is 4.09. The number of halogens is 1. The number of amides is 1. The van der Waals surface area contributed by atoms with Crippen molar-refractivity contribution in [3.63, 3.8) is 0 Å². The Morgan fingerprint density at radius 1 is 1.25 bits per heavy atom. The molecule has 1 aliphatic heterocycles. The number of nitrogens with one attached hydrogen (secondary N) is 2. The predicted molar refractivity (Wildman–Crippen MR) is 89.1 cm³/mol. The molecule has 0 bridgehead atoms. The number of hydrogen-bond acceptors (Lipinski definition) is 3. The monoisotopic (exact) mass is 325 g/mol. The molecule has 122 valence electrons. The number of benzene rings is 2. The number of aromatic amines is 1. The third kappa shape index (κ3) is 2.88. The molecule has 1 aromatic heterocycles. The van der Waals surface area contributed by atoms with Crippen molar-refractivity contribution in [3.05, 3.63) is 48.3 Å². The number of H-pyrrole nitrogens is 1. The van der Waals surface area contributed by atoms with E-state index in [0.717, 1.165) is 29.4 Å². The van der Waals surface area contributed by atoms with E-state index in [4.69, 9.17) is 4.74 Å². The van der Waals surface area contributed by atoms with Gasteiger partial charge in [-0.1, -0.05) is 0 Å². The molecule has 6 heteroatoms. The van der Waals surface area contributed by atoms with Crippen molar-refractivity contribution in [2.75, 3.05) is 11.9 Å². The van der Waals surface area contributed by atoms with Crippen molar-refractivity contribution in [3.8, 4) is 11.4 Å². The topological polar surface area (TPSA) is 67.0 Å².